The number of benzene rings is 1. The minimum atomic E-state index is -0.125. The highest BCUT2D eigenvalue weighted by atomic mass is 16.3. The van der Waals surface area contributed by atoms with Gasteiger partial charge in [-0.1, -0.05) is 56.5 Å². The third-order valence-electron chi connectivity index (χ3n) is 4.52. The molecule has 0 bridgehead atoms. The molecule has 1 aliphatic rings. The summed E-state index contributed by atoms with van der Waals surface area (Å²) in [6.07, 6.45) is 6.51. The maximum absolute atomic E-state index is 12.3. The first-order chi connectivity index (χ1) is 10.8. The molecule has 0 radical (unpaired) electrons. The van der Waals surface area contributed by atoms with Crippen molar-refractivity contribution < 1.29 is 9.21 Å². The van der Waals surface area contributed by atoms with E-state index in [1.165, 1.54) is 37.5 Å². The molecule has 0 aliphatic heterocycles. The molecule has 1 saturated carbocycles. The standard InChI is InChI=1S/C19H23NO2/c1-2-3-8-15-13-16(15)18(14-9-5-4-6-10-14)20-19(21)17-11-7-12-22-17/h4-7,9-12,15-16,18H,2-3,8,13H2,1H3,(H,20,21)/t15-,16+,18?/m1/s1. The zero-order chi connectivity index (χ0) is 15.4. The first-order valence-corrected chi connectivity index (χ1v) is 8.19. The zero-order valence-electron chi connectivity index (χ0n) is 13.0. The zero-order valence-corrected chi connectivity index (χ0v) is 13.0. The van der Waals surface area contributed by atoms with Crippen molar-refractivity contribution >= 4 is 5.91 Å². The second-order valence-corrected chi connectivity index (χ2v) is 6.14. The Morgan fingerprint density at radius 2 is 2.09 bits per heavy atom. The van der Waals surface area contributed by atoms with Crippen LogP contribution in [0, 0.1) is 11.8 Å². The maximum Gasteiger partial charge on any atom is 0.287 e. The lowest BCUT2D eigenvalue weighted by atomic mass is 9.99. The minimum absolute atomic E-state index is 0.0839. The van der Waals surface area contributed by atoms with Gasteiger partial charge < -0.3 is 9.73 Å². The molecule has 22 heavy (non-hydrogen) atoms. The van der Waals surface area contributed by atoms with Gasteiger partial charge in [0, 0.05) is 0 Å². The van der Waals surface area contributed by atoms with Crippen molar-refractivity contribution in [3.63, 3.8) is 0 Å². The van der Waals surface area contributed by atoms with Crippen LogP contribution in [0.1, 0.15) is 54.8 Å². The number of carbonyl (C=O) groups is 1. The first kappa shape index (κ1) is 14.9. The van der Waals surface area contributed by atoms with Crippen LogP contribution < -0.4 is 5.32 Å². The van der Waals surface area contributed by atoms with Crippen molar-refractivity contribution in [2.45, 2.75) is 38.6 Å². The van der Waals surface area contributed by atoms with Gasteiger partial charge in [-0.3, -0.25) is 4.79 Å². The molecule has 3 rings (SSSR count). The van der Waals surface area contributed by atoms with E-state index in [0.29, 0.717) is 11.7 Å². The molecule has 0 spiro atoms. The SMILES string of the molecule is CCCC[C@@H]1C[C@@H]1C(NC(=O)c1ccco1)c1ccccc1. The summed E-state index contributed by atoms with van der Waals surface area (Å²) >= 11 is 0. The van der Waals surface area contributed by atoms with Gasteiger partial charge in [-0.05, 0) is 36.0 Å². The predicted octanol–water partition coefficient (Wildman–Crippen LogP) is 4.58. The van der Waals surface area contributed by atoms with E-state index < -0.39 is 0 Å². The molecular weight excluding hydrogens is 274 g/mol. The molecule has 1 amide bonds. The summed E-state index contributed by atoms with van der Waals surface area (Å²) in [5.74, 6) is 1.54. The van der Waals surface area contributed by atoms with Crippen molar-refractivity contribution in [3.8, 4) is 0 Å². The fourth-order valence-electron chi connectivity index (χ4n) is 3.20. The third-order valence-corrected chi connectivity index (χ3v) is 4.52. The summed E-state index contributed by atoms with van der Waals surface area (Å²) < 4.78 is 5.21. The molecule has 1 unspecified atom stereocenters. The monoisotopic (exact) mass is 297 g/mol. The van der Waals surface area contributed by atoms with Crippen molar-refractivity contribution in [2.24, 2.45) is 11.8 Å². The summed E-state index contributed by atoms with van der Waals surface area (Å²) in [4.78, 5) is 12.3. The second kappa shape index (κ2) is 6.82. The van der Waals surface area contributed by atoms with Gasteiger partial charge in [0.15, 0.2) is 5.76 Å². The van der Waals surface area contributed by atoms with E-state index in [2.05, 4.69) is 24.4 Å². The molecule has 3 nitrogen and oxygen atoms in total. The van der Waals surface area contributed by atoms with Gasteiger partial charge >= 0.3 is 0 Å². The average Bonchev–Trinajstić information content (AvgIpc) is 3.09. The molecule has 2 aromatic rings. The van der Waals surface area contributed by atoms with Crippen LogP contribution in [-0.2, 0) is 0 Å². The molecule has 1 aromatic heterocycles. The van der Waals surface area contributed by atoms with Crippen LogP contribution in [0.5, 0.6) is 0 Å². The fraction of sp³-hybridized carbons (Fsp3) is 0.421. The second-order valence-electron chi connectivity index (χ2n) is 6.14. The Labute approximate surface area is 131 Å². The number of furan rings is 1. The average molecular weight is 297 g/mol. The number of hydrogen-bond acceptors (Lipinski definition) is 2. The Kier molecular flexibility index (Phi) is 4.62. The van der Waals surface area contributed by atoms with E-state index in [9.17, 15) is 4.79 Å². The number of hydrogen-bond donors (Lipinski definition) is 1. The molecule has 1 heterocycles. The van der Waals surface area contributed by atoms with Gasteiger partial charge in [0.25, 0.3) is 5.91 Å². The molecule has 1 aromatic carbocycles. The number of rotatable bonds is 7. The topological polar surface area (TPSA) is 42.2 Å². The maximum atomic E-state index is 12.3. The molecule has 3 atom stereocenters. The van der Waals surface area contributed by atoms with Gasteiger partial charge in [0.2, 0.25) is 0 Å². The fourth-order valence-corrected chi connectivity index (χ4v) is 3.20. The quantitative estimate of drug-likeness (QED) is 0.813. The summed E-state index contributed by atoms with van der Waals surface area (Å²) in [5, 5.41) is 3.17. The Morgan fingerprint density at radius 1 is 1.27 bits per heavy atom. The van der Waals surface area contributed by atoms with Gasteiger partial charge in [-0.2, -0.15) is 0 Å². The van der Waals surface area contributed by atoms with Gasteiger partial charge in [0.1, 0.15) is 0 Å². The van der Waals surface area contributed by atoms with E-state index in [1.54, 1.807) is 12.1 Å². The van der Waals surface area contributed by atoms with E-state index in [-0.39, 0.29) is 11.9 Å². The van der Waals surface area contributed by atoms with Crippen molar-refractivity contribution in [3.05, 3.63) is 60.1 Å². The van der Waals surface area contributed by atoms with Crippen LogP contribution in [0.3, 0.4) is 0 Å². The summed E-state index contributed by atoms with van der Waals surface area (Å²) in [6, 6.07) is 13.8. The Morgan fingerprint density at radius 3 is 2.77 bits per heavy atom. The summed E-state index contributed by atoms with van der Waals surface area (Å²) in [5.41, 5.74) is 1.19. The molecule has 0 saturated heterocycles. The summed E-state index contributed by atoms with van der Waals surface area (Å²) in [7, 11) is 0. The first-order valence-electron chi connectivity index (χ1n) is 8.19. The number of nitrogens with one attached hydrogen (secondary N) is 1. The highest BCUT2D eigenvalue weighted by molar-refractivity contribution is 5.91. The van der Waals surface area contributed by atoms with Crippen LogP contribution in [0.15, 0.2) is 53.1 Å². The lowest BCUT2D eigenvalue weighted by molar-refractivity contribution is 0.0902. The number of carbonyl (C=O) groups excluding carboxylic acids is 1. The summed E-state index contributed by atoms with van der Waals surface area (Å²) in [6.45, 7) is 2.23. The molecule has 116 valence electrons. The van der Waals surface area contributed by atoms with Crippen LogP contribution in [0.4, 0.5) is 0 Å². The van der Waals surface area contributed by atoms with Crippen LogP contribution in [0.25, 0.3) is 0 Å². The lowest BCUT2D eigenvalue weighted by Gasteiger charge is -2.19. The van der Waals surface area contributed by atoms with Crippen LogP contribution in [-0.4, -0.2) is 5.91 Å². The van der Waals surface area contributed by atoms with Crippen LogP contribution >= 0.6 is 0 Å². The normalized spacial score (nSPS) is 21.3. The highest BCUT2D eigenvalue weighted by Crippen LogP contribution is 2.50. The third kappa shape index (κ3) is 3.41. The Bertz CT molecular complexity index is 591. The largest absolute Gasteiger partial charge is 0.459 e. The van der Waals surface area contributed by atoms with E-state index in [1.807, 2.05) is 18.2 Å². The number of amides is 1. The van der Waals surface area contributed by atoms with Gasteiger partial charge in [-0.15, -0.1) is 0 Å². The number of unbranched alkanes of at least 4 members (excludes halogenated alkanes) is 1. The smallest absolute Gasteiger partial charge is 0.287 e. The van der Waals surface area contributed by atoms with Crippen molar-refractivity contribution in [1.82, 2.24) is 5.32 Å². The highest BCUT2D eigenvalue weighted by Gasteiger charge is 2.43. The molecule has 1 fully saturated rings. The molecular formula is C19H23NO2. The predicted molar refractivity (Wildman–Crippen MR) is 86.5 cm³/mol. The van der Waals surface area contributed by atoms with Crippen molar-refractivity contribution in [1.29, 1.82) is 0 Å². The Hall–Kier alpha value is -2.03. The van der Waals surface area contributed by atoms with E-state index >= 15 is 0 Å². The molecule has 3 heteroatoms. The lowest BCUT2D eigenvalue weighted by Crippen LogP contribution is -2.30. The minimum Gasteiger partial charge on any atom is -0.459 e. The van der Waals surface area contributed by atoms with Crippen molar-refractivity contribution in [2.75, 3.05) is 0 Å². The van der Waals surface area contributed by atoms with E-state index in [4.69, 9.17) is 4.42 Å². The van der Waals surface area contributed by atoms with Gasteiger partial charge in [0.05, 0.1) is 12.3 Å². The molecule has 1 N–H and O–H groups in total. The van der Waals surface area contributed by atoms with E-state index in [0.717, 1.165) is 5.92 Å². The van der Waals surface area contributed by atoms with Gasteiger partial charge in [-0.25, -0.2) is 0 Å². The Balaban J connectivity index is 1.72. The van der Waals surface area contributed by atoms with Crippen LogP contribution in [0.2, 0.25) is 0 Å². The molecule has 1 aliphatic carbocycles.